The van der Waals surface area contributed by atoms with Crippen LogP contribution >= 0.6 is 0 Å². The molecule has 2 fully saturated rings. The van der Waals surface area contributed by atoms with Gasteiger partial charge in [-0.15, -0.1) is 0 Å². The zero-order valence-electron chi connectivity index (χ0n) is 13.7. The lowest BCUT2D eigenvalue weighted by atomic mass is 9.90. The lowest BCUT2D eigenvalue weighted by Gasteiger charge is -2.15. The molecule has 0 spiro atoms. The number of nitrogens with one attached hydrogen (secondary N) is 1. The smallest absolute Gasteiger partial charge is 0.244 e. The molecule has 0 radical (unpaired) electrons. The molecule has 0 saturated heterocycles. The Morgan fingerprint density at radius 3 is 2.64 bits per heavy atom. The highest BCUT2D eigenvalue weighted by molar-refractivity contribution is 5.86. The number of anilines is 1. The lowest BCUT2D eigenvalue weighted by Crippen LogP contribution is -2.22. The number of hydrazone groups is 1. The average molecular weight is 299 g/mol. The summed E-state index contributed by atoms with van der Waals surface area (Å²) < 4.78 is 0. The van der Waals surface area contributed by atoms with E-state index in [1.54, 1.807) is 6.21 Å². The zero-order valence-corrected chi connectivity index (χ0v) is 13.7. The third-order valence-electron chi connectivity index (χ3n) is 5.41. The van der Waals surface area contributed by atoms with Crippen LogP contribution in [0.2, 0.25) is 0 Å². The van der Waals surface area contributed by atoms with Gasteiger partial charge in [0.1, 0.15) is 0 Å². The van der Waals surface area contributed by atoms with Crippen molar-refractivity contribution in [2.75, 3.05) is 19.0 Å². The number of carbonyl (C=O) groups is 1. The third-order valence-corrected chi connectivity index (χ3v) is 5.41. The average Bonchev–Trinajstić information content (AvgIpc) is 3.13. The largest absolute Gasteiger partial charge is 0.378 e. The van der Waals surface area contributed by atoms with Gasteiger partial charge in [-0.2, -0.15) is 5.10 Å². The van der Waals surface area contributed by atoms with Crippen molar-refractivity contribution in [1.29, 1.82) is 0 Å². The van der Waals surface area contributed by atoms with Crippen LogP contribution in [-0.2, 0) is 4.79 Å². The summed E-state index contributed by atoms with van der Waals surface area (Å²) in [6.07, 6.45) is 6.63. The van der Waals surface area contributed by atoms with Gasteiger partial charge >= 0.3 is 0 Å². The summed E-state index contributed by atoms with van der Waals surface area (Å²) in [5.74, 6) is 0.842. The molecule has 22 heavy (non-hydrogen) atoms. The van der Waals surface area contributed by atoms with Crippen LogP contribution in [0, 0.1) is 17.3 Å². The fraction of sp³-hybridized carbons (Fsp3) is 0.556. The predicted octanol–water partition coefficient (Wildman–Crippen LogP) is 3.03. The molecule has 4 nitrogen and oxygen atoms in total. The SMILES string of the molecule is CN(C)c1ccc(/C=N\NC(=O)[C@@H]2[C@H]3CCCC[C@]32C)cc1. The molecule has 0 heterocycles. The van der Waals surface area contributed by atoms with Gasteiger partial charge in [0.2, 0.25) is 5.91 Å². The van der Waals surface area contributed by atoms with Gasteiger partial charge in [-0.1, -0.05) is 31.9 Å². The van der Waals surface area contributed by atoms with E-state index in [0.717, 1.165) is 11.3 Å². The van der Waals surface area contributed by atoms with Crippen LogP contribution in [0.5, 0.6) is 0 Å². The Hall–Kier alpha value is -1.84. The Morgan fingerprint density at radius 2 is 2.05 bits per heavy atom. The second-order valence-corrected chi connectivity index (χ2v) is 7.06. The highest BCUT2D eigenvalue weighted by Gasteiger charge is 2.64. The number of fused-ring (bicyclic) bond motifs is 1. The third kappa shape index (κ3) is 2.74. The fourth-order valence-corrected chi connectivity index (χ4v) is 3.95. The summed E-state index contributed by atoms with van der Waals surface area (Å²) in [5, 5.41) is 4.13. The van der Waals surface area contributed by atoms with Crippen molar-refractivity contribution in [3.05, 3.63) is 29.8 Å². The molecule has 4 heteroatoms. The summed E-state index contributed by atoms with van der Waals surface area (Å²) in [6, 6.07) is 8.09. The summed E-state index contributed by atoms with van der Waals surface area (Å²) >= 11 is 0. The normalized spacial score (nSPS) is 30.0. The highest BCUT2D eigenvalue weighted by Crippen LogP contribution is 2.66. The standard InChI is InChI=1S/C18H25N3O/c1-18-11-5-4-6-15(18)16(18)17(22)20-19-12-13-7-9-14(10-8-13)21(2)3/h7-10,12,15-16H,4-6,11H2,1-3H3,(H,20,22)/b19-12-/t15-,16+,18-/m1/s1. The predicted molar refractivity (Wildman–Crippen MR) is 90.1 cm³/mol. The Bertz CT molecular complexity index is 578. The molecule has 2 saturated carbocycles. The lowest BCUT2D eigenvalue weighted by molar-refractivity contribution is -0.123. The first kappa shape index (κ1) is 15.1. The first-order valence-corrected chi connectivity index (χ1v) is 8.13. The van der Waals surface area contributed by atoms with E-state index in [1.165, 1.54) is 25.7 Å². The molecule has 2 aliphatic carbocycles. The Balaban J connectivity index is 1.55. The molecule has 1 aromatic rings. The van der Waals surface area contributed by atoms with E-state index in [0.29, 0.717) is 5.92 Å². The van der Waals surface area contributed by atoms with Crippen LogP contribution in [0.1, 0.15) is 38.2 Å². The summed E-state index contributed by atoms with van der Waals surface area (Å²) in [6.45, 7) is 2.25. The van der Waals surface area contributed by atoms with Crippen LogP contribution in [-0.4, -0.2) is 26.2 Å². The van der Waals surface area contributed by atoms with Gasteiger partial charge in [0.05, 0.1) is 6.21 Å². The molecule has 0 aromatic heterocycles. The van der Waals surface area contributed by atoms with Gasteiger partial charge in [-0.05, 0) is 41.9 Å². The number of carbonyl (C=O) groups excluding carboxylic acids is 1. The Kier molecular flexibility index (Phi) is 3.94. The fourth-order valence-electron chi connectivity index (χ4n) is 3.95. The maximum absolute atomic E-state index is 12.3. The van der Waals surface area contributed by atoms with Crippen molar-refractivity contribution in [2.45, 2.75) is 32.6 Å². The van der Waals surface area contributed by atoms with Gasteiger partial charge in [0.25, 0.3) is 0 Å². The highest BCUT2D eigenvalue weighted by atomic mass is 16.2. The van der Waals surface area contributed by atoms with E-state index in [1.807, 2.05) is 38.4 Å². The van der Waals surface area contributed by atoms with Crippen molar-refractivity contribution < 1.29 is 4.79 Å². The molecule has 3 atom stereocenters. The number of hydrogen-bond acceptors (Lipinski definition) is 3. The molecule has 118 valence electrons. The van der Waals surface area contributed by atoms with Crippen molar-refractivity contribution in [1.82, 2.24) is 5.43 Å². The number of benzene rings is 1. The maximum atomic E-state index is 12.3. The van der Waals surface area contributed by atoms with Crippen LogP contribution in [0.25, 0.3) is 0 Å². The molecule has 2 aliphatic rings. The second-order valence-electron chi connectivity index (χ2n) is 7.06. The molecular formula is C18H25N3O. The molecular weight excluding hydrogens is 274 g/mol. The Morgan fingerprint density at radius 1 is 1.32 bits per heavy atom. The molecule has 3 rings (SSSR count). The molecule has 1 N–H and O–H groups in total. The van der Waals surface area contributed by atoms with E-state index in [9.17, 15) is 4.79 Å². The van der Waals surface area contributed by atoms with E-state index < -0.39 is 0 Å². The van der Waals surface area contributed by atoms with E-state index in [4.69, 9.17) is 0 Å². The zero-order chi connectivity index (χ0) is 15.7. The molecule has 1 aromatic carbocycles. The van der Waals surface area contributed by atoms with Gasteiger partial charge in [0.15, 0.2) is 0 Å². The minimum atomic E-state index is 0.0931. The van der Waals surface area contributed by atoms with Crippen molar-refractivity contribution in [3.63, 3.8) is 0 Å². The topological polar surface area (TPSA) is 44.7 Å². The minimum absolute atomic E-state index is 0.0931. The molecule has 0 aliphatic heterocycles. The monoisotopic (exact) mass is 299 g/mol. The number of amides is 1. The van der Waals surface area contributed by atoms with Gasteiger partial charge < -0.3 is 4.90 Å². The number of nitrogens with zero attached hydrogens (tertiary/aromatic N) is 2. The summed E-state index contributed by atoms with van der Waals surface area (Å²) in [5.41, 5.74) is 5.11. The van der Waals surface area contributed by atoms with Crippen LogP contribution in [0.15, 0.2) is 29.4 Å². The maximum Gasteiger partial charge on any atom is 0.244 e. The molecule has 0 unspecified atom stereocenters. The van der Waals surface area contributed by atoms with Crippen LogP contribution < -0.4 is 10.3 Å². The molecule has 0 bridgehead atoms. The van der Waals surface area contributed by atoms with Crippen molar-refractivity contribution in [2.24, 2.45) is 22.4 Å². The van der Waals surface area contributed by atoms with Gasteiger partial charge in [0, 0.05) is 25.7 Å². The minimum Gasteiger partial charge on any atom is -0.378 e. The van der Waals surface area contributed by atoms with E-state index in [2.05, 4.69) is 22.4 Å². The summed E-state index contributed by atoms with van der Waals surface area (Å²) in [4.78, 5) is 14.3. The van der Waals surface area contributed by atoms with Crippen molar-refractivity contribution in [3.8, 4) is 0 Å². The van der Waals surface area contributed by atoms with E-state index in [-0.39, 0.29) is 17.2 Å². The van der Waals surface area contributed by atoms with E-state index >= 15 is 0 Å². The first-order valence-electron chi connectivity index (χ1n) is 8.13. The Labute approximate surface area is 132 Å². The van der Waals surface area contributed by atoms with Gasteiger partial charge in [-0.25, -0.2) is 5.43 Å². The second kappa shape index (κ2) is 5.75. The van der Waals surface area contributed by atoms with Crippen molar-refractivity contribution >= 4 is 17.8 Å². The first-order chi connectivity index (χ1) is 10.5. The molecule has 1 amide bonds. The summed E-state index contributed by atoms with van der Waals surface area (Å²) in [7, 11) is 4.03. The number of hydrogen-bond donors (Lipinski definition) is 1. The van der Waals surface area contributed by atoms with Gasteiger partial charge in [-0.3, -0.25) is 4.79 Å². The van der Waals surface area contributed by atoms with Crippen LogP contribution in [0.4, 0.5) is 5.69 Å². The van der Waals surface area contributed by atoms with Crippen LogP contribution in [0.3, 0.4) is 0 Å². The quantitative estimate of drug-likeness (QED) is 0.686. The number of rotatable bonds is 4.